The lowest BCUT2D eigenvalue weighted by molar-refractivity contribution is 1.65. The summed E-state index contributed by atoms with van der Waals surface area (Å²) < 4.78 is 0. The van der Waals surface area contributed by atoms with Crippen LogP contribution in [0.25, 0.3) is 6.08 Å². The molecule has 0 fully saturated rings. The van der Waals surface area contributed by atoms with Gasteiger partial charge in [0, 0.05) is 5.02 Å². The lowest BCUT2D eigenvalue weighted by Gasteiger charge is -1.92. The average molecular weight is 138 g/mol. The molecular weight excluding hydrogens is 132 g/mol. The molecule has 0 N–H and O–H groups in total. The van der Waals surface area contributed by atoms with Crippen molar-refractivity contribution in [2.45, 2.75) is 0 Å². The molecule has 45 valence electrons. The van der Waals surface area contributed by atoms with Crippen molar-refractivity contribution in [1.82, 2.24) is 0 Å². The van der Waals surface area contributed by atoms with Crippen molar-refractivity contribution in [2.24, 2.45) is 0 Å². The van der Waals surface area contributed by atoms with Gasteiger partial charge in [-0.1, -0.05) is 30.3 Å². The van der Waals surface area contributed by atoms with E-state index in [0.29, 0.717) is 0 Å². The van der Waals surface area contributed by atoms with Crippen LogP contribution in [0.3, 0.4) is 0 Å². The molecule has 0 aliphatic carbocycles. The first-order valence-corrected chi connectivity index (χ1v) is 3.00. The summed E-state index contributed by atoms with van der Waals surface area (Å²) in [5.74, 6) is 0. The van der Waals surface area contributed by atoms with Crippen LogP contribution in [0.4, 0.5) is 0 Å². The summed E-state index contributed by atoms with van der Waals surface area (Å²) in [4.78, 5) is 0. The number of halogens is 1. The summed E-state index contributed by atoms with van der Waals surface area (Å²) in [6.07, 6.45) is 1.71. The van der Waals surface area contributed by atoms with Crippen molar-refractivity contribution in [3.8, 4) is 0 Å². The van der Waals surface area contributed by atoms with E-state index < -0.39 is 0 Å². The molecule has 1 heteroatoms. The smallest absolute Gasteiger partial charge is 0.0478 e. The number of hydrogen-bond donors (Lipinski definition) is 0. The summed E-state index contributed by atoms with van der Waals surface area (Å²) in [5, 5.41) is 0.726. The Hall–Kier alpha value is -0.750. The van der Waals surface area contributed by atoms with E-state index in [1.807, 2.05) is 0 Å². The van der Waals surface area contributed by atoms with Crippen molar-refractivity contribution < 1.29 is 0 Å². The zero-order valence-electron chi connectivity index (χ0n) is 4.89. The third kappa shape index (κ3) is 1.33. The van der Waals surface area contributed by atoms with E-state index in [-0.39, 0.29) is 0 Å². The van der Waals surface area contributed by atoms with Gasteiger partial charge in [0.05, 0.1) is 0 Å². The van der Waals surface area contributed by atoms with Crippen molar-refractivity contribution in [3.63, 3.8) is 0 Å². The van der Waals surface area contributed by atoms with E-state index in [2.05, 4.69) is 12.6 Å². The van der Waals surface area contributed by atoms with Crippen LogP contribution in [0, 0.1) is 6.07 Å². The summed E-state index contributed by atoms with van der Waals surface area (Å²) >= 11 is 5.73. The first kappa shape index (κ1) is 6.37. The maximum Gasteiger partial charge on any atom is 0.0478 e. The normalized spacial score (nSPS) is 9.00. The molecule has 0 saturated carbocycles. The molecular formula is C8H6Cl. The summed E-state index contributed by atoms with van der Waals surface area (Å²) in [6, 6.07) is 8.26. The van der Waals surface area contributed by atoms with Gasteiger partial charge >= 0.3 is 0 Å². The molecule has 0 aliphatic rings. The standard InChI is InChI=1S/C8H6Cl/c1-2-7-5-3-4-6-8(7)9/h2,4-6H,1H2. The van der Waals surface area contributed by atoms with Gasteiger partial charge < -0.3 is 0 Å². The van der Waals surface area contributed by atoms with Crippen LogP contribution in [0.15, 0.2) is 24.8 Å². The fraction of sp³-hybridized carbons (Fsp3) is 0. The molecule has 0 spiro atoms. The third-order valence-electron chi connectivity index (χ3n) is 1.06. The van der Waals surface area contributed by atoms with E-state index in [0.717, 1.165) is 10.6 Å². The van der Waals surface area contributed by atoms with E-state index in [1.54, 1.807) is 24.3 Å². The summed E-state index contributed by atoms with van der Waals surface area (Å²) in [7, 11) is 0. The second-order valence-corrected chi connectivity index (χ2v) is 2.06. The van der Waals surface area contributed by atoms with Gasteiger partial charge in [0.15, 0.2) is 0 Å². The van der Waals surface area contributed by atoms with Crippen LogP contribution in [0.2, 0.25) is 5.02 Å². The molecule has 0 aromatic heterocycles. The molecule has 1 aromatic rings. The van der Waals surface area contributed by atoms with Crippen molar-refractivity contribution >= 4 is 17.7 Å². The molecule has 0 bridgehead atoms. The van der Waals surface area contributed by atoms with Crippen molar-refractivity contribution in [2.75, 3.05) is 0 Å². The van der Waals surface area contributed by atoms with Crippen LogP contribution in [0.5, 0.6) is 0 Å². The molecule has 1 rings (SSSR count). The van der Waals surface area contributed by atoms with Crippen molar-refractivity contribution in [3.05, 3.63) is 41.4 Å². The van der Waals surface area contributed by atoms with Crippen LogP contribution < -0.4 is 0 Å². The summed E-state index contributed by atoms with van der Waals surface area (Å²) in [6.45, 7) is 3.59. The maximum atomic E-state index is 5.73. The monoisotopic (exact) mass is 137 g/mol. The SMILES string of the molecule is C=Cc1c[c]ccc1Cl. The second-order valence-electron chi connectivity index (χ2n) is 1.65. The maximum absolute atomic E-state index is 5.73. The molecule has 0 atom stereocenters. The van der Waals surface area contributed by atoms with Gasteiger partial charge in [-0.2, -0.15) is 0 Å². The lowest BCUT2D eigenvalue weighted by atomic mass is 10.2. The quantitative estimate of drug-likeness (QED) is 0.559. The van der Waals surface area contributed by atoms with E-state index in [9.17, 15) is 0 Å². The van der Waals surface area contributed by atoms with Crippen LogP contribution >= 0.6 is 11.6 Å². The Kier molecular flexibility index (Phi) is 1.91. The van der Waals surface area contributed by atoms with Crippen LogP contribution in [0.1, 0.15) is 5.56 Å². The van der Waals surface area contributed by atoms with E-state index in [4.69, 9.17) is 11.6 Å². The molecule has 0 aliphatic heterocycles. The van der Waals surface area contributed by atoms with Gasteiger partial charge in [-0.25, -0.2) is 0 Å². The average Bonchev–Trinajstić information content (AvgIpc) is 1.89. The van der Waals surface area contributed by atoms with Gasteiger partial charge in [-0.05, 0) is 23.8 Å². The zero-order chi connectivity index (χ0) is 6.69. The van der Waals surface area contributed by atoms with Crippen molar-refractivity contribution in [1.29, 1.82) is 0 Å². The Morgan fingerprint density at radius 2 is 2.44 bits per heavy atom. The molecule has 0 amide bonds. The van der Waals surface area contributed by atoms with E-state index in [1.165, 1.54) is 0 Å². The van der Waals surface area contributed by atoms with Gasteiger partial charge in [-0.3, -0.25) is 0 Å². The van der Waals surface area contributed by atoms with Gasteiger partial charge in [-0.15, -0.1) is 0 Å². The zero-order valence-corrected chi connectivity index (χ0v) is 5.65. The van der Waals surface area contributed by atoms with Gasteiger partial charge in [0.2, 0.25) is 0 Å². The van der Waals surface area contributed by atoms with Crippen LogP contribution in [-0.4, -0.2) is 0 Å². The Morgan fingerprint density at radius 3 is 2.89 bits per heavy atom. The second kappa shape index (κ2) is 2.70. The molecule has 1 radical (unpaired) electrons. The molecule has 0 saturated heterocycles. The fourth-order valence-corrected chi connectivity index (χ4v) is 0.775. The lowest BCUT2D eigenvalue weighted by Crippen LogP contribution is -1.70. The number of rotatable bonds is 1. The van der Waals surface area contributed by atoms with Crippen LogP contribution in [-0.2, 0) is 0 Å². The minimum absolute atomic E-state index is 0.726. The summed E-state index contributed by atoms with van der Waals surface area (Å²) in [5.41, 5.74) is 0.930. The minimum Gasteiger partial charge on any atom is -0.0984 e. The Bertz CT molecular complexity index is 216. The molecule has 1 aromatic carbocycles. The number of hydrogen-bond acceptors (Lipinski definition) is 0. The molecule has 0 unspecified atom stereocenters. The first-order chi connectivity index (χ1) is 4.34. The predicted octanol–water partition coefficient (Wildman–Crippen LogP) is 2.78. The van der Waals surface area contributed by atoms with E-state index >= 15 is 0 Å². The largest absolute Gasteiger partial charge is 0.0984 e. The molecule has 0 heterocycles. The topological polar surface area (TPSA) is 0 Å². The minimum atomic E-state index is 0.726. The number of benzene rings is 1. The first-order valence-electron chi connectivity index (χ1n) is 2.62. The van der Waals surface area contributed by atoms with Gasteiger partial charge in [0.25, 0.3) is 0 Å². The highest BCUT2D eigenvalue weighted by atomic mass is 35.5. The Labute approximate surface area is 59.8 Å². The highest BCUT2D eigenvalue weighted by Crippen LogP contribution is 2.14. The predicted molar refractivity (Wildman–Crippen MR) is 40.4 cm³/mol. The molecule has 9 heavy (non-hydrogen) atoms. The molecule has 0 nitrogen and oxygen atoms in total. The Balaban J connectivity index is 3.15. The fourth-order valence-electron chi connectivity index (χ4n) is 0.581. The highest BCUT2D eigenvalue weighted by molar-refractivity contribution is 6.32. The Morgan fingerprint density at radius 1 is 1.67 bits per heavy atom. The highest BCUT2D eigenvalue weighted by Gasteiger charge is 1.89. The third-order valence-corrected chi connectivity index (χ3v) is 1.40. The van der Waals surface area contributed by atoms with Gasteiger partial charge in [0.1, 0.15) is 0 Å².